The predicted octanol–water partition coefficient (Wildman–Crippen LogP) is 2.54. The Balaban J connectivity index is 2.60. The molecule has 0 spiro atoms. The van der Waals surface area contributed by atoms with Gasteiger partial charge in [0.1, 0.15) is 6.26 Å². The maximum Gasteiger partial charge on any atom is 0.159 e. The third-order valence-electron chi connectivity index (χ3n) is 1.63. The number of nitrogens with one attached hydrogen (secondary N) is 1. The zero-order valence-corrected chi connectivity index (χ0v) is 9.19. The molecule has 0 amide bonds. The molecule has 5 heteroatoms. The molecule has 1 N–H and O–H groups in total. The molecule has 5 nitrogen and oxygen atoms in total. The van der Waals surface area contributed by atoms with E-state index in [1.54, 1.807) is 42.5 Å². The van der Waals surface area contributed by atoms with Crippen molar-refractivity contribution < 1.29 is 9.63 Å². The molecule has 0 bridgehead atoms. The van der Waals surface area contributed by atoms with Gasteiger partial charge >= 0.3 is 0 Å². The van der Waals surface area contributed by atoms with Gasteiger partial charge in [0.05, 0.1) is 6.20 Å². The summed E-state index contributed by atoms with van der Waals surface area (Å²) >= 11 is 0. The Morgan fingerprint density at radius 1 is 1.12 bits per heavy atom. The van der Waals surface area contributed by atoms with Gasteiger partial charge in [-0.15, -0.1) is 10.7 Å². The predicted molar refractivity (Wildman–Crippen MR) is 64.4 cm³/mol. The van der Waals surface area contributed by atoms with E-state index in [2.05, 4.69) is 15.9 Å². The fourth-order valence-corrected chi connectivity index (χ4v) is 0.906. The fraction of sp³-hybridized carbons (Fsp3) is 0.0833. The molecule has 0 fully saturated rings. The van der Waals surface area contributed by atoms with Crippen molar-refractivity contribution in [2.24, 2.45) is 10.3 Å². The molecule has 0 saturated carbocycles. The SMILES string of the molecule is O=C1\C=C/C=C\C=C/N=NNO/C=C\C=C/C1. The van der Waals surface area contributed by atoms with Crippen molar-refractivity contribution in [3.8, 4) is 0 Å². The first kappa shape index (κ1) is 12.6. The summed E-state index contributed by atoms with van der Waals surface area (Å²) in [5.74, 6) is 0.0362. The number of ketones is 1. The minimum atomic E-state index is 0.0362. The first-order chi connectivity index (χ1) is 8.39. The number of carbonyl (C=O) groups excluding carboxylic acids is 1. The Bertz CT molecular complexity index is 404. The van der Waals surface area contributed by atoms with Crippen LogP contribution in [0.3, 0.4) is 0 Å². The van der Waals surface area contributed by atoms with Crippen LogP contribution in [0.1, 0.15) is 6.42 Å². The van der Waals surface area contributed by atoms with Crippen LogP contribution in [0.4, 0.5) is 0 Å². The molecule has 0 aliphatic carbocycles. The molecule has 1 aliphatic rings. The van der Waals surface area contributed by atoms with Crippen molar-refractivity contribution in [1.29, 1.82) is 0 Å². The topological polar surface area (TPSA) is 63.0 Å². The number of rotatable bonds is 0. The highest BCUT2D eigenvalue weighted by molar-refractivity contribution is 5.90. The normalized spacial score (nSPS) is 26.2. The summed E-state index contributed by atoms with van der Waals surface area (Å²) in [6.07, 6.45) is 16.7. The van der Waals surface area contributed by atoms with E-state index in [4.69, 9.17) is 4.84 Å². The number of hydrogen-bond donors (Lipinski definition) is 1. The third kappa shape index (κ3) is 7.49. The molecule has 0 aromatic carbocycles. The zero-order chi connectivity index (χ0) is 12.2. The standard InChI is InChI=1S/C12H13N3O2/c16-12-8-4-1-2-6-10-13-14-15-17-11-7-3-5-9-12/h1-8,10-11H,9H2,(H,13,15)/b2-1-,5-3-,8-4-,10-6-,11-7-. The minimum Gasteiger partial charge on any atom is -0.372 e. The van der Waals surface area contributed by atoms with Gasteiger partial charge in [0.15, 0.2) is 5.78 Å². The molecule has 88 valence electrons. The summed E-state index contributed by atoms with van der Waals surface area (Å²) in [6.45, 7) is 0. The van der Waals surface area contributed by atoms with Gasteiger partial charge < -0.3 is 4.84 Å². The van der Waals surface area contributed by atoms with Crippen molar-refractivity contribution in [3.63, 3.8) is 0 Å². The van der Waals surface area contributed by atoms with Crippen LogP contribution < -0.4 is 5.59 Å². The third-order valence-corrected chi connectivity index (χ3v) is 1.63. The van der Waals surface area contributed by atoms with Gasteiger partial charge in [0, 0.05) is 6.42 Å². The quantitative estimate of drug-likeness (QED) is 0.696. The molecule has 0 saturated heterocycles. The van der Waals surface area contributed by atoms with Crippen molar-refractivity contribution >= 4 is 5.78 Å². The van der Waals surface area contributed by atoms with Crippen LogP contribution in [0.25, 0.3) is 0 Å². The molecule has 0 unspecified atom stereocenters. The van der Waals surface area contributed by atoms with E-state index in [1.165, 1.54) is 18.5 Å². The van der Waals surface area contributed by atoms with Crippen LogP contribution in [0.15, 0.2) is 71.4 Å². The molecule has 1 heterocycles. The lowest BCUT2D eigenvalue weighted by atomic mass is 10.2. The lowest BCUT2D eigenvalue weighted by molar-refractivity contribution is -0.113. The van der Waals surface area contributed by atoms with Crippen LogP contribution >= 0.6 is 0 Å². The van der Waals surface area contributed by atoms with Gasteiger partial charge in [-0.1, -0.05) is 30.4 Å². The molecule has 0 radical (unpaired) electrons. The highest BCUT2D eigenvalue weighted by Crippen LogP contribution is 1.91. The lowest BCUT2D eigenvalue weighted by Crippen LogP contribution is -1.98. The van der Waals surface area contributed by atoms with E-state index in [0.717, 1.165) is 0 Å². The fourth-order valence-electron chi connectivity index (χ4n) is 0.906. The second-order valence-corrected chi connectivity index (χ2v) is 2.94. The molecular formula is C12H13N3O2. The van der Waals surface area contributed by atoms with Gasteiger partial charge in [-0.2, -0.15) is 0 Å². The van der Waals surface area contributed by atoms with Crippen molar-refractivity contribution in [2.45, 2.75) is 6.42 Å². The molecule has 1 aliphatic heterocycles. The first-order valence-electron chi connectivity index (χ1n) is 5.04. The summed E-state index contributed by atoms with van der Waals surface area (Å²) in [5, 5.41) is 7.13. The summed E-state index contributed by atoms with van der Waals surface area (Å²) in [7, 11) is 0. The van der Waals surface area contributed by atoms with E-state index >= 15 is 0 Å². The van der Waals surface area contributed by atoms with E-state index < -0.39 is 0 Å². The highest BCUT2D eigenvalue weighted by Gasteiger charge is 1.89. The zero-order valence-electron chi connectivity index (χ0n) is 9.19. The Labute approximate surface area is 99.5 Å². The molecule has 1 rings (SSSR count). The van der Waals surface area contributed by atoms with Gasteiger partial charge in [-0.25, -0.2) is 0 Å². The number of allylic oxidation sites excluding steroid dienone is 8. The Morgan fingerprint density at radius 3 is 2.94 bits per heavy atom. The number of hydrogen-bond acceptors (Lipinski definition) is 5. The second-order valence-electron chi connectivity index (χ2n) is 2.94. The summed E-state index contributed by atoms with van der Waals surface area (Å²) in [6, 6.07) is 0. The van der Waals surface area contributed by atoms with Crippen molar-refractivity contribution in [1.82, 2.24) is 5.59 Å². The minimum absolute atomic E-state index is 0.0362. The average Bonchev–Trinajstić information content (AvgIpc) is 2.32. The second kappa shape index (κ2) is 8.84. The summed E-state index contributed by atoms with van der Waals surface area (Å²) in [4.78, 5) is 16.1. The molecule has 17 heavy (non-hydrogen) atoms. The van der Waals surface area contributed by atoms with Gasteiger partial charge in [0.25, 0.3) is 0 Å². The van der Waals surface area contributed by atoms with Crippen LogP contribution in [-0.4, -0.2) is 5.78 Å². The Morgan fingerprint density at radius 2 is 2.00 bits per heavy atom. The van der Waals surface area contributed by atoms with Gasteiger partial charge in [-0.05, 0) is 23.5 Å². The smallest absolute Gasteiger partial charge is 0.159 e. The van der Waals surface area contributed by atoms with Crippen LogP contribution in [-0.2, 0) is 9.63 Å². The lowest BCUT2D eigenvalue weighted by Gasteiger charge is -1.92. The maximum atomic E-state index is 11.3. The van der Waals surface area contributed by atoms with Gasteiger partial charge in [-0.3, -0.25) is 4.79 Å². The van der Waals surface area contributed by atoms with E-state index in [0.29, 0.717) is 6.42 Å². The largest absolute Gasteiger partial charge is 0.372 e. The molecule has 0 atom stereocenters. The monoisotopic (exact) mass is 231 g/mol. The highest BCUT2D eigenvalue weighted by atomic mass is 16.7. The molecular weight excluding hydrogens is 218 g/mol. The van der Waals surface area contributed by atoms with E-state index in [-0.39, 0.29) is 5.78 Å². The summed E-state index contributed by atoms with van der Waals surface area (Å²) < 4.78 is 0. The van der Waals surface area contributed by atoms with Crippen molar-refractivity contribution in [3.05, 3.63) is 61.1 Å². The van der Waals surface area contributed by atoms with Crippen molar-refractivity contribution in [2.75, 3.05) is 0 Å². The van der Waals surface area contributed by atoms with Crippen LogP contribution in [0.5, 0.6) is 0 Å². The molecule has 0 aromatic rings. The number of carbonyl (C=O) groups is 1. The average molecular weight is 231 g/mol. The van der Waals surface area contributed by atoms with E-state index in [9.17, 15) is 4.79 Å². The van der Waals surface area contributed by atoms with Crippen LogP contribution in [0.2, 0.25) is 0 Å². The summed E-state index contributed by atoms with van der Waals surface area (Å²) in [5.41, 5.74) is 2.26. The van der Waals surface area contributed by atoms with Gasteiger partial charge in [0.2, 0.25) is 0 Å². The maximum absolute atomic E-state index is 11.3. The molecule has 0 aromatic heterocycles. The van der Waals surface area contributed by atoms with Crippen LogP contribution in [0, 0.1) is 0 Å². The Hall–Kier alpha value is -2.43. The Kier molecular flexibility index (Phi) is 6.58. The first-order valence-corrected chi connectivity index (χ1v) is 5.04. The van der Waals surface area contributed by atoms with E-state index in [1.807, 2.05) is 0 Å². The number of nitrogens with zero attached hydrogens (tertiary/aromatic N) is 2.